The van der Waals surface area contributed by atoms with E-state index >= 15 is 0 Å². The molecule has 43 heavy (non-hydrogen) atoms. The van der Waals surface area contributed by atoms with E-state index in [1.54, 1.807) is 11.0 Å². The van der Waals surface area contributed by atoms with Gasteiger partial charge in [-0.3, -0.25) is 24.3 Å². The van der Waals surface area contributed by atoms with E-state index in [1.165, 1.54) is 18.5 Å². The largest absolute Gasteiger partial charge is 0.368 e. The van der Waals surface area contributed by atoms with E-state index in [2.05, 4.69) is 48.3 Å². The molecule has 224 valence electrons. The zero-order valence-corrected chi connectivity index (χ0v) is 24.9. The molecule has 2 saturated heterocycles. The van der Waals surface area contributed by atoms with Crippen LogP contribution in [0.3, 0.4) is 0 Å². The number of anilines is 2. The van der Waals surface area contributed by atoms with Gasteiger partial charge in [0.25, 0.3) is 0 Å². The molecular weight excluding hydrogens is 542 g/mol. The standard InChI is InChI=1S/C32H39N9O2/c1-3-41(26-10-11-28-27(18-26)30(35-34-28)22-4-5-22)32(43)24-12-13-38(19-24)20-29(42)40-16-14-39(15-17-40)25-8-6-23(7-9-25)31-33-21-37(2)36-31/h6-11,18,21-22,24H,3-5,12-17,19-20H2,1-2H3,(H,34,35). The van der Waals surface area contributed by atoms with Crippen LogP contribution in [0.2, 0.25) is 0 Å². The molecule has 4 aromatic rings. The summed E-state index contributed by atoms with van der Waals surface area (Å²) >= 11 is 0. The summed E-state index contributed by atoms with van der Waals surface area (Å²) in [7, 11) is 1.86. The second-order valence-electron chi connectivity index (χ2n) is 12.1. The predicted octanol–water partition coefficient (Wildman–Crippen LogP) is 3.26. The molecule has 1 atom stereocenters. The van der Waals surface area contributed by atoms with Crippen LogP contribution in [0.25, 0.3) is 22.3 Å². The van der Waals surface area contributed by atoms with Gasteiger partial charge in [0, 0.05) is 80.3 Å². The number of H-pyrrole nitrogens is 1. The highest BCUT2D eigenvalue weighted by Crippen LogP contribution is 2.42. The maximum Gasteiger partial charge on any atom is 0.236 e. The fourth-order valence-corrected chi connectivity index (χ4v) is 6.53. The summed E-state index contributed by atoms with van der Waals surface area (Å²) in [6, 6.07) is 14.4. The number of rotatable bonds is 8. The number of nitrogens with zero attached hydrogens (tertiary/aromatic N) is 8. The highest BCUT2D eigenvalue weighted by atomic mass is 16.2. The molecule has 4 heterocycles. The van der Waals surface area contributed by atoms with Crippen molar-refractivity contribution in [2.75, 3.05) is 62.2 Å². The molecule has 7 rings (SSSR count). The lowest BCUT2D eigenvalue weighted by Crippen LogP contribution is -2.51. The van der Waals surface area contributed by atoms with Gasteiger partial charge in [-0.1, -0.05) is 0 Å². The number of likely N-dealkylation sites (tertiary alicyclic amines) is 1. The van der Waals surface area contributed by atoms with Crippen LogP contribution in [-0.2, 0) is 16.6 Å². The Morgan fingerprint density at radius 3 is 2.49 bits per heavy atom. The minimum Gasteiger partial charge on any atom is -0.368 e. The minimum absolute atomic E-state index is 0.100. The molecule has 11 nitrogen and oxygen atoms in total. The third kappa shape index (κ3) is 5.61. The molecule has 1 saturated carbocycles. The molecule has 2 aromatic carbocycles. The third-order valence-electron chi connectivity index (χ3n) is 9.15. The Kier molecular flexibility index (Phi) is 7.34. The summed E-state index contributed by atoms with van der Waals surface area (Å²) in [6.45, 7) is 7.39. The van der Waals surface area contributed by atoms with Crippen molar-refractivity contribution in [3.8, 4) is 11.4 Å². The fourth-order valence-electron chi connectivity index (χ4n) is 6.53. The van der Waals surface area contributed by atoms with Crippen molar-refractivity contribution in [3.63, 3.8) is 0 Å². The Hall–Kier alpha value is -4.25. The van der Waals surface area contributed by atoms with Gasteiger partial charge in [-0.15, -0.1) is 0 Å². The molecule has 3 aliphatic rings. The third-order valence-corrected chi connectivity index (χ3v) is 9.15. The Morgan fingerprint density at radius 1 is 1.00 bits per heavy atom. The van der Waals surface area contributed by atoms with Crippen molar-refractivity contribution in [2.24, 2.45) is 13.0 Å². The zero-order valence-electron chi connectivity index (χ0n) is 24.9. The van der Waals surface area contributed by atoms with Gasteiger partial charge in [0.2, 0.25) is 11.8 Å². The lowest BCUT2D eigenvalue weighted by Gasteiger charge is -2.36. The number of aryl methyl sites for hydroxylation is 1. The Balaban J connectivity index is 0.914. The zero-order chi connectivity index (χ0) is 29.5. The van der Waals surface area contributed by atoms with Crippen molar-refractivity contribution < 1.29 is 9.59 Å². The summed E-state index contributed by atoms with van der Waals surface area (Å²) in [5.41, 5.74) is 5.21. The number of fused-ring (bicyclic) bond motifs is 1. The molecule has 3 fully saturated rings. The van der Waals surface area contributed by atoms with E-state index in [4.69, 9.17) is 0 Å². The van der Waals surface area contributed by atoms with E-state index in [0.29, 0.717) is 38.6 Å². The molecule has 0 radical (unpaired) electrons. The summed E-state index contributed by atoms with van der Waals surface area (Å²) in [5.74, 6) is 1.48. The van der Waals surface area contributed by atoms with Crippen LogP contribution in [0.4, 0.5) is 11.4 Å². The number of carbonyl (C=O) groups excluding carboxylic acids is 2. The first-order valence-electron chi connectivity index (χ1n) is 15.5. The van der Waals surface area contributed by atoms with Gasteiger partial charge in [-0.05, 0) is 75.2 Å². The fraction of sp³-hybridized carbons (Fsp3) is 0.469. The van der Waals surface area contributed by atoms with Crippen molar-refractivity contribution in [3.05, 3.63) is 54.5 Å². The van der Waals surface area contributed by atoms with E-state index in [-0.39, 0.29) is 17.7 Å². The first-order chi connectivity index (χ1) is 21.0. The minimum atomic E-state index is -0.100. The topological polar surface area (TPSA) is 106 Å². The first-order valence-corrected chi connectivity index (χ1v) is 15.5. The van der Waals surface area contributed by atoms with Crippen molar-refractivity contribution in [1.82, 2.24) is 34.8 Å². The second-order valence-corrected chi connectivity index (χ2v) is 12.1. The number of hydrogen-bond donors (Lipinski definition) is 1. The van der Waals surface area contributed by atoms with Crippen LogP contribution in [-0.4, -0.2) is 98.9 Å². The Morgan fingerprint density at radius 2 is 1.79 bits per heavy atom. The number of aromatic amines is 1. The number of hydrogen-bond acceptors (Lipinski definition) is 7. The first kappa shape index (κ1) is 27.6. The van der Waals surface area contributed by atoms with Gasteiger partial charge in [-0.2, -0.15) is 10.2 Å². The summed E-state index contributed by atoms with van der Waals surface area (Å²) < 4.78 is 1.70. The molecule has 1 N–H and O–H groups in total. The predicted molar refractivity (Wildman–Crippen MR) is 166 cm³/mol. The number of amides is 2. The molecule has 0 bridgehead atoms. The Bertz CT molecular complexity index is 1620. The van der Waals surface area contributed by atoms with E-state index in [9.17, 15) is 9.59 Å². The number of piperazine rings is 1. The summed E-state index contributed by atoms with van der Waals surface area (Å²) in [4.78, 5) is 39.5. The molecule has 0 spiro atoms. The van der Waals surface area contributed by atoms with Crippen LogP contribution < -0.4 is 9.80 Å². The summed E-state index contributed by atoms with van der Waals surface area (Å²) in [5, 5.41) is 13.2. The Labute approximate surface area is 251 Å². The van der Waals surface area contributed by atoms with E-state index in [0.717, 1.165) is 59.7 Å². The van der Waals surface area contributed by atoms with Crippen LogP contribution in [0.15, 0.2) is 48.8 Å². The van der Waals surface area contributed by atoms with E-state index < -0.39 is 0 Å². The lowest BCUT2D eigenvalue weighted by atomic mass is 10.1. The van der Waals surface area contributed by atoms with Crippen LogP contribution in [0.1, 0.15) is 37.8 Å². The van der Waals surface area contributed by atoms with Crippen molar-refractivity contribution in [1.29, 1.82) is 0 Å². The van der Waals surface area contributed by atoms with Crippen LogP contribution >= 0.6 is 0 Å². The van der Waals surface area contributed by atoms with Gasteiger partial charge < -0.3 is 14.7 Å². The number of carbonyl (C=O) groups is 2. The number of nitrogens with one attached hydrogen (secondary N) is 1. The molecule has 2 aliphatic heterocycles. The van der Waals surface area contributed by atoms with E-state index in [1.807, 2.05) is 48.0 Å². The van der Waals surface area contributed by atoms with Crippen molar-refractivity contribution in [2.45, 2.75) is 32.1 Å². The molecule has 1 unspecified atom stereocenters. The number of aromatic nitrogens is 5. The van der Waals surface area contributed by atoms with Crippen LogP contribution in [0, 0.1) is 5.92 Å². The smallest absolute Gasteiger partial charge is 0.236 e. The SMILES string of the molecule is CCN(C(=O)C1CCN(CC(=O)N2CCN(c3ccc(-c4ncn(C)n4)cc3)CC2)C1)c1ccc2n[nH]c(C3CC3)c2c1. The summed E-state index contributed by atoms with van der Waals surface area (Å²) in [6.07, 6.45) is 4.88. The van der Waals surface area contributed by atoms with Gasteiger partial charge in [0.05, 0.1) is 18.0 Å². The number of benzene rings is 2. The molecule has 2 aromatic heterocycles. The normalized spacial score (nSPS) is 19.3. The molecular formula is C32H39N9O2. The quantitative estimate of drug-likeness (QED) is 0.341. The maximum absolute atomic E-state index is 13.7. The average molecular weight is 582 g/mol. The lowest BCUT2D eigenvalue weighted by molar-refractivity contribution is -0.132. The van der Waals surface area contributed by atoms with Gasteiger partial charge in [0.1, 0.15) is 6.33 Å². The highest BCUT2D eigenvalue weighted by Gasteiger charge is 2.34. The van der Waals surface area contributed by atoms with Gasteiger partial charge in [-0.25, -0.2) is 4.98 Å². The van der Waals surface area contributed by atoms with Gasteiger partial charge in [0.15, 0.2) is 5.82 Å². The van der Waals surface area contributed by atoms with Crippen LogP contribution in [0.5, 0.6) is 0 Å². The van der Waals surface area contributed by atoms with Crippen molar-refractivity contribution >= 4 is 34.1 Å². The average Bonchev–Trinajstić information content (AvgIpc) is 3.39. The second kappa shape index (κ2) is 11.4. The van der Waals surface area contributed by atoms with Gasteiger partial charge >= 0.3 is 0 Å². The monoisotopic (exact) mass is 581 g/mol. The molecule has 11 heteroatoms. The maximum atomic E-state index is 13.7. The molecule has 1 aliphatic carbocycles. The molecule has 2 amide bonds. The highest BCUT2D eigenvalue weighted by molar-refractivity contribution is 5.98.